The third-order valence-corrected chi connectivity index (χ3v) is 3.60. The molecule has 0 bridgehead atoms. The van der Waals surface area contributed by atoms with Crippen LogP contribution in [0.15, 0.2) is 10.6 Å². The highest BCUT2D eigenvalue weighted by Gasteiger charge is 2.27. The Balaban J connectivity index is 1.90. The van der Waals surface area contributed by atoms with E-state index in [1.807, 2.05) is 13.8 Å². The summed E-state index contributed by atoms with van der Waals surface area (Å²) in [5.41, 5.74) is 0.0996. The predicted molar refractivity (Wildman–Crippen MR) is 79.2 cm³/mol. The van der Waals surface area contributed by atoms with Gasteiger partial charge in [-0.2, -0.15) is 0 Å². The standard InChI is InChI=1S/C15H25N3O3/c1-11(2)12-9-13(21-16-12)14(19)18-7-5-17(6-8-18)10-15(3,4)20/h9,11,20H,5-8,10H2,1-4H3. The van der Waals surface area contributed by atoms with E-state index >= 15 is 0 Å². The minimum absolute atomic E-state index is 0.0997. The van der Waals surface area contributed by atoms with Crippen molar-refractivity contribution in [2.45, 2.75) is 39.2 Å². The molecule has 1 aromatic heterocycles. The number of hydrogen-bond acceptors (Lipinski definition) is 5. The molecule has 2 rings (SSSR count). The van der Waals surface area contributed by atoms with Crippen LogP contribution in [0.3, 0.4) is 0 Å². The monoisotopic (exact) mass is 295 g/mol. The summed E-state index contributed by atoms with van der Waals surface area (Å²) in [5.74, 6) is 0.464. The van der Waals surface area contributed by atoms with E-state index in [0.29, 0.717) is 25.4 Å². The predicted octanol–water partition coefficient (Wildman–Crippen LogP) is 1.33. The number of hydrogen-bond donors (Lipinski definition) is 1. The average molecular weight is 295 g/mol. The van der Waals surface area contributed by atoms with Gasteiger partial charge in [0.2, 0.25) is 5.76 Å². The Morgan fingerprint density at radius 3 is 2.48 bits per heavy atom. The molecule has 1 amide bonds. The van der Waals surface area contributed by atoms with Crippen molar-refractivity contribution in [1.29, 1.82) is 0 Å². The van der Waals surface area contributed by atoms with Gasteiger partial charge in [0.1, 0.15) is 0 Å². The van der Waals surface area contributed by atoms with E-state index in [1.165, 1.54) is 0 Å². The Morgan fingerprint density at radius 1 is 1.38 bits per heavy atom. The Bertz CT molecular complexity index is 483. The number of carbonyl (C=O) groups is 1. The number of rotatable bonds is 4. The first-order chi connectivity index (χ1) is 9.76. The van der Waals surface area contributed by atoms with Gasteiger partial charge in [-0.1, -0.05) is 19.0 Å². The Morgan fingerprint density at radius 2 is 2.00 bits per heavy atom. The number of piperazine rings is 1. The second-order valence-corrected chi connectivity index (χ2v) is 6.65. The smallest absolute Gasteiger partial charge is 0.292 e. The fraction of sp³-hybridized carbons (Fsp3) is 0.733. The van der Waals surface area contributed by atoms with Gasteiger partial charge >= 0.3 is 0 Å². The van der Waals surface area contributed by atoms with Crippen LogP contribution in [0, 0.1) is 0 Å². The van der Waals surface area contributed by atoms with Gasteiger partial charge in [0.15, 0.2) is 0 Å². The molecule has 6 nitrogen and oxygen atoms in total. The maximum absolute atomic E-state index is 12.4. The molecular weight excluding hydrogens is 270 g/mol. The van der Waals surface area contributed by atoms with Crippen molar-refractivity contribution < 1.29 is 14.4 Å². The van der Waals surface area contributed by atoms with E-state index in [1.54, 1.807) is 24.8 Å². The second-order valence-electron chi connectivity index (χ2n) is 6.65. The molecule has 21 heavy (non-hydrogen) atoms. The second kappa shape index (κ2) is 6.15. The van der Waals surface area contributed by atoms with Crippen molar-refractivity contribution in [2.24, 2.45) is 0 Å². The van der Waals surface area contributed by atoms with Crippen molar-refractivity contribution in [3.63, 3.8) is 0 Å². The van der Waals surface area contributed by atoms with Crippen molar-refractivity contribution in [1.82, 2.24) is 15.0 Å². The highest BCUT2D eigenvalue weighted by atomic mass is 16.5. The van der Waals surface area contributed by atoms with Gasteiger partial charge in [-0.25, -0.2) is 0 Å². The van der Waals surface area contributed by atoms with Gasteiger partial charge in [0, 0.05) is 38.8 Å². The topological polar surface area (TPSA) is 69.8 Å². The van der Waals surface area contributed by atoms with Gasteiger partial charge in [0.05, 0.1) is 11.3 Å². The Labute approximate surface area is 125 Å². The average Bonchev–Trinajstić information content (AvgIpc) is 2.86. The lowest BCUT2D eigenvalue weighted by Gasteiger charge is -2.36. The molecule has 0 spiro atoms. The van der Waals surface area contributed by atoms with E-state index in [9.17, 15) is 9.90 Å². The molecule has 1 saturated heterocycles. The maximum atomic E-state index is 12.4. The molecule has 0 atom stereocenters. The fourth-order valence-electron chi connectivity index (χ4n) is 2.47. The Hall–Kier alpha value is -1.40. The molecule has 1 aliphatic heterocycles. The summed E-state index contributed by atoms with van der Waals surface area (Å²) >= 11 is 0. The zero-order chi connectivity index (χ0) is 15.6. The van der Waals surface area contributed by atoms with E-state index in [2.05, 4.69) is 10.1 Å². The number of aromatic nitrogens is 1. The minimum Gasteiger partial charge on any atom is -0.389 e. The normalized spacial score (nSPS) is 17.5. The molecule has 0 aromatic carbocycles. The molecule has 0 aliphatic carbocycles. The quantitative estimate of drug-likeness (QED) is 0.907. The molecule has 1 aromatic rings. The van der Waals surface area contributed by atoms with Crippen molar-refractivity contribution in [3.05, 3.63) is 17.5 Å². The number of carbonyl (C=O) groups excluding carboxylic acids is 1. The lowest BCUT2D eigenvalue weighted by molar-refractivity contribution is 0.0170. The van der Waals surface area contributed by atoms with E-state index in [0.717, 1.165) is 18.8 Å². The first-order valence-electron chi connectivity index (χ1n) is 7.47. The summed E-state index contributed by atoms with van der Waals surface area (Å²) in [6, 6.07) is 1.73. The van der Waals surface area contributed by atoms with Crippen LogP contribution in [0.5, 0.6) is 0 Å². The largest absolute Gasteiger partial charge is 0.389 e. The number of aliphatic hydroxyl groups is 1. The number of amides is 1. The summed E-state index contributed by atoms with van der Waals surface area (Å²) in [5, 5.41) is 13.8. The van der Waals surface area contributed by atoms with Crippen molar-refractivity contribution >= 4 is 5.91 Å². The van der Waals surface area contributed by atoms with Crippen LogP contribution >= 0.6 is 0 Å². The highest BCUT2D eigenvalue weighted by Crippen LogP contribution is 2.16. The third kappa shape index (κ3) is 4.28. The van der Waals surface area contributed by atoms with Gasteiger partial charge < -0.3 is 14.5 Å². The molecule has 1 N–H and O–H groups in total. The van der Waals surface area contributed by atoms with Crippen LogP contribution in [0.2, 0.25) is 0 Å². The van der Waals surface area contributed by atoms with Gasteiger partial charge in [-0.15, -0.1) is 0 Å². The first-order valence-corrected chi connectivity index (χ1v) is 7.47. The molecule has 0 unspecified atom stereocenters. The van der Waals surface area contributed by atoms with Crippen LogP contribution in [-0.2, 0) is 0 Å². The molecule has 118 valence electrons. The third-order valence-electron chi connectivity index (χ3n) is 3.60. The summed E-state index contributed by atoms with van der Waals surface area (Å²) < 4.78 is 5.15. The molecule has 1 aliphatic rings. The zero-order valence-corrected chi connectivity index (χ0v) is 13.3. The van der Waals surface area contributed by atoms with E-state index in [4.69, 9.17) is 4.52 Å². The SMILES string of the molecule is CC(C)c1cc(C(=O)N2CCN(CC(C)(C)O)CC2)on1. The lowest BCUT2D eigenvalue weighted by Crippen LogP contribution is -2.51. The van der Waals surface area contributed by atoms with Gasteiger partial charge in [-0.05, 0) is 19.8 Å². The maximum Gasteiger partial charge on any atom is 0.292 e. The van der Waals surface area contributed by atoms with Gasteiger partial charge in [-0.3, -0.25) is 9.69 Å². The lowest BCUT2D eigenvalue weighted by atomic mass is 10.1. The summed E-state index contributed by atoms with van der Waals surface area (Å²) in [7, 11) is 0. The molecular formula is C15H25N3O3. The molecule has 0 radical (unpaired) electrons. The fourth-order valence-corrected chi connectivity index (χ4v) is 2.47. The van der Waals surface area contributed by atoms with Gasteiger partial charge in [0.25, 0.3) is 5.91 Å². The van der Waals surface area contributed by atoms with Crippen LogP contribution in [0.1, 0.15) is 49.9 Å². The van der Waals surface area contributed by atoms with Crippen LogP contribution in [0.4, 0.5) is 0 Å². The molecule has 2 heterocycles. The zero-order valence-electron chi connectivity index (χ0n) is 13.3. The molecule has 1 fully saturated rings. The summed E-state index contributed by atoms with van der Waals surface area (Å²) in [6.45, 7) is 11.1. The molecule has 0 saturated carbocycles. The van der Waals surface area contributed by atoms with E-state index in [-0.39, 0.29) is 11.8 Å². The number of nitrogens with zero attached hydrogens (tertiary/aromatic N) is 3. The summed E-state index contributed by atoms with van der Waals surface area (Å²) in [6.07, 6.45) is 0. The highest BCUT2D eigenvalue weighted by molar-refractivity contribution is 5.91. The molecule has 6 heteroatoms. The first kappa shape index (κ1) is 16.0. The van der Waals surface area contributed by atoms with Crippen molar-refractivity contribution in [2.75, 3.05) is 32.7 Å². The van der Waals surface area contributed by atoms with Crippen LogP contribution in [-0.4, -0.2) is 64.3 Å². The van der Waals surface area contributed by atoms with Crippen molar-refractivity contribution in [3.8, 4) is 0 Å². The minimum atomic E-state index is -0.705. The van der Waals surface area contributed by atoms with E-state index < -0.39 is 5.60 Å². The Kier molecular flexibility index (Phi) is 4.68. The van der Waals surface area contributed by atoms with Crippen LogP contribution in [0.25, 0.3) is 0 Å². The van der Waals surface area contributed by atoms with Crippen LogP contribution < -0.4 is 0 Å². The summed E-state index contributed by atoms with van der Waals surface area (Å²) in [4.78, 5) is 16.3. The number of β-amino-alcohol motifs (C(OH)–C–C–N with tert-alkyl or cyclic N) is 1.